The van der Waals surface area contributed by atoms with E-state index in [9.17, 15) is 26.3 Å². The van der Waals surface area contributed by atoms with Crippen LogP contribution in [0.3, 0.4) is 0 Å². The normalized spacial score (nSPS) is 12.6. The largest absolute Gasteiger partial charge is 0.445 e. The van der Waals surface area contributed by atoms with Gasteiger partial charge in [-0.05, 0) is 47.5 Å². The molecular formula is C30H26F6N2O4S. The maximum Gasteiger partial charge on any atom is 0.416 e. The van der Waals surface area contributed by atoms with Gasteiger partial charge in [0.25, 0.3) is 0 Å². The molecule has 0 spiro atoms. The van der Waals surface area contributed by atoms with Crippen molar-refractivity contribution in [3.05, 3.63) is 106 Å². The molecule has 2 aromatic heterocycles. The average Bonchev–Trinajstić information content (AvgIpc) is 3.63. The molecule has 4 aromatic rings. The molecule has 43 heavy (non-hydrogen) atoms. The molecule has 0 atom stereocenters. The van der Waals surface area contributed by atoms with Crippen LogP contribution in [-0.2, 0) is 35.0 Å². The molecule has 0 bridgehead atoms. The second-order valence-corrected chi connectivity index (χ2v) is 10.2. The third-order valence-electron chi connectivity index (χ3n) is 5.70. The minimum absolute atomic E-state index is 0.260. The van der Waals surface area contributed by atoms with Gasteiger partial charge < -0.3 is 18.3 Å². The van der Waals surface area contributed by atoms with Crippen molar-refractivity contribution in [2.45, 2.75) is 25.6 Å². The van der Waals surface area contributed by atoms with E-state index in [1.165, 1.54) is 36.8 Å². The summed E-state index contributed by atoms with van der Waals surface area (Å²) in [5, 5.41) is 0. The van der Waals surface area contributed by atoms with Crippen LogP contribution in [0.25, 0.3) is 24.3 Å². The molecule has 13 heteroatoms. The first-order valence-electron chi connectivity index (χ1n) is 12.9. The zero-order chi connectivity index (χ0) is 30.7. The summed E-state index contributed by atoms with van der Waals surface area (Å²) < 4.78 is 97.8. The highest BCUT2D eigenvalue weighted by atomic mass is 32.2. The quantitative estimate of drug-likeness (QED) is 0.103. The number of oxazole rings is 2. The van der Waals surface area contributed by atoms with Crippen LogP contribution in [0.2, 0.25) is 0 Å². The zero-order valence-corrected chi connectivity index (χ0v) is 23.3. The smallest absolute Gasteiger partial charge is 0.416 e. The van der Waals surface area contributed by atoms with Gasteiger partial charge in [0.15, 0.2) is 0 Å². The van der Waals surface area contributed by atoms with E-state index in [0.717, 1.165) is 35.8 Å². The molecule has 0 fully saturated rings. The highest BCUT2D eigenvalue weighted by Crippen LogP contribution is 2.30. The number of thioether (sulfide) groups is 1. The lowest BCUT2D eigenvalue weighted by molar-refractivity contribution is -0.138. The molecule has 6 nitrogen and oxygen atoms in total. The van der Waals surface area contributed by atoms with Crippen LogP contribution in [0.5, 0.6) is 0 Å². The van der Waals surface area contributed by atoms with Gasteiger partial charge in [0.1, 0.15) is 23.9 Å². The van der Waals surface area contributed by atoms with Gasteiger partial charge in [0.2, 0.25) is 11.8 Å². The van der Waals surface area contributed by atoms with Crippen LogP contribution in [0.1, 0.15) is 45.4 Å². The standard InChI is InChI=1S/C30H26F6N2O4S/c31-29(32,33)23-7-1-21(2-8-23)5-11-27-37-25(19-41-27)17-39-13-15-43-16-14-40-18-26-20-42-28(38-26)12-6-22-3-9-24(10-4-22)30(34,35)36/h1-12,19-20H,13-18H2/b11-5+,12-6+. The molecule has 2 heterocycles. The second-order valence-electron chi connectivity index (χ2n) is 8.98. The van der Waals surface area contributed by atoms with Gasteiger partial charge in [-0.2, -0.15) is 38.1 Å². The van der Waals surface area contributed by atoms with Crippen molar-refractivity contribution >= 4 is 36.1 Å². The molecule has 0 aliphatic heterocycles. The summed E-state index contributed by atoms with van der Waals surface area (Å²) in [5.74, 6) is 2.12. The highest BCUT2D eigenvalue weighted by Gasteiger charge is 2.30. The van der Waals surface area contributed by atoms with E-state index in [2.05, 4.69) is 9.97 Å². The first-order valence-corrected chi connectivity index (χ1v) is 14.0. The number of halogens is 6. The van der Waals surface area contributed by atoms with Crippen molar-refractivity contribution in [3.8, 4) is 0 Å². The molecule has 0 amide bonds. The Hall–Kier alpha value is -3.81. The molecule has 0 radical (unpaired) electrons. The number of ether oxygens (including phenoxy) is 2. The van der Waals surface area contributed by atoms with E-state index in [-0.39, 0.29) is 13.2 Å². The number of hydrogen-bond donors (Lipinski definition) is 0. The van der Waals surface area contributed by atoms with Gasteiger partial charge in [0, 0.05) is 23.7 Å². The van der Waals surface area contributed by atoms with Gasteiger partial charge in [-0.15, -0.1) is 0 Å². The number of hydrogen-bond acceptors (Lipinski definition) is 7. The molecule has 0 saturated carbocycles. The number of benzene rings is 2. The number of aromatic nitrogens is 2. The van der Waals surface area contributed by atoms with Crippen LogP contribution in [-0.4, -0.2) is 34.7 Å². The Balaban J connectivity index is 1.05. The number of alkyl halides is 6. The van der Waals surface area contributed by atoms with Crippen LogP contribution >= 0.6 is 11.8 Å². The minimum atomic E-state index is -4.37. The van der Waals surface area contributed by atoms with Crippen LogP contribution in [0.4, 0.5) is 26.3 Å². The molecule has 0 unspecified atom stereocenters. The van der Waals surface area contributed by atoms with Crippen molar-refractivity contribution in [1.82, 2.24) is 9.97 Å². The summed E-state index contributed by atoms with van der Waals surface area (Å²) in [6.07, 6.45) is 0.552. The molecule has 228 valence electrons. The lowest BCUT2D eigenvalue weighted by atomic mass is 10.1. The van der Waals surface area contributed by atoms with E-state index in [1.54, 1.807) is 36.1 Å². The molecule has 4 rings (SSSR count). The lowest BCUT2D eigenvalue weighted by Crippen LogP contribution is -2.03. The topological polar surface area (TPSA) is 70.5 Å². The predicted octanol–water partition coefficient (Wildman–Crippen LogP) is 8.51. The van der Waals surface area contributed by atoms with Crippen molar-refractivity contribution in [1.29, 1.82) is 0 Å². The third-order valence-corrected chi connectivity index (χ3v) is 6.61. The summed E-state index contributed by atoms with van der Waals surface area (Å²) in [6, 6.07) is 9.55. The summed E-state index contributed by atoms with van der Waals surface area (Å²) >= 11 is 1.65. The van der Waals surface area contributed by atoms with Crippen molar-refractivity contribution in [2.75, 3.05) is 24.7 Å². The third kappa shape index (κ3) is 10.8. The molecule has 0 aliphatic carbocycles. The Labute approximate surface area is 247 Å². The van der Waals surface area contributed by atoms with Crippen LogP contribution < -0.4 is 0 Å². The Bertz CT molecular complexity index is 1360. The Kier molecular flexibility index (Phi) is 11.3. The summed E-state index contributed by atoms with van der Waals surface area (Å²) in [5.41, 5.74) is 0.954. The fourth-order valence-electron chi connectivity index (χ4n) is 3.52. The van der Waals surface area contributed by atoms with Gasteiger partial charge >= 0.3 is 12.4 Å². The van der Waals surface area contributed by atoms with Crippen molar-refractivity contribution < 1.29 is 44.7 Å². The Morgan fingerprint density at radius 3 is 1.37 bits per heavy atom. The molecule has 0 aliphatic rings. The van der Waals surface area contributed by atoms with Crippen LogP contribution in [0.15, 0.2) is 69.9 Å². The van der Waals surface area contributed by atoms with E-state index in [4.69, 9.17) is 18.3 Å². The van der Waals surface area contributed by atoms with Gasteiger partial charge in [-0.3, -0.25) is 0 Å². The molecular weight excluding hydrogens is 598 g/mol. The van der Waals surface area contributed by atoms with Crippen molar-refractivity contribution in [2.24, 2.45) is 0 Å². The fraction of sp³-hybridized carbons (Fsp3) is 0.267. The summed E-state index contributed by atoms with van der Waals surface area (Å²) in [4.78, 5) is 8.54. The second kappa shape index (κ2) is 15.1. The summed E-state index contributed by atoms with van der Waals surface area (Å²) in [6.45, 7) is 1.51. The number of nitrogens with zero attached hydrogens (tertiary/aromatic N) is 2. The highest BCUT2D eigenvalue weighted by molar-refractivity contribution is 7.99. The van der Waals surface area contributed by atoms with E-state index in [0.29, 0.717) is 47.5 Å². The van der Waals surface area contributed by atoms with Crippen LogP contribution in [0, 0.1) is 0 Å². The molecule has 2 aromatic carbocycles. The average molecular weight is 625 g/mol. The first kappa shape index (κ1) is 32.1. The fourth-order valence-corrected chi connectivity index (χ4v) is 4.20. The van der Waals surface area contributed by atoms with E-state index < -0.39 is 23.5 Å². The maximum absolute atomic E-state index is 12.7. The first-order chi connectivity index (χ1) is 20.6. The van der Waals surface area contributed by atoms with Crippen molar-refractivity contribution in [3.63, 3.8) is 0 Å². The van der Waals surface area contributed by atoms with Gasteiger partial charge in [0.05, 0.1) is 37.6 Å². The van der Waals surface area contributed by atoms with E-state index >= 15 is 0 Å². The minimum Gasteiger partial charge on any atom is -0.445 e. The SMILES string of the molecule is FC(F)(F)c1ccc(/C=C/c2nc(COCCSCCOCc3coc(/C=C/c4ccc(C(F)(F)F)cc4)n3)co2)cc1. The Morgan fingerprint density at radius 2 is 1.00 bits per heavy atom. The van der Waals surface area contributed by atoms with Gasteiger partial charge in [-0.1, -0.05) is 24.3 Å². The Morgan fingerprint density at radius 1 is 0.605 bits per heavy atom. The lowest BCUT2D eigenvalue weighted by Gasteiger charge is -2.05. The monoisotopic (exact) mass is 624 g/mol. The maximum atomic E-state index is 12.7. The summed E-state index contributed by atoms with van der Waals surface area (Å²) in [7, 11) is 0. The zero-order valence-electron chi connectivity index (χ0n) is 22.5. The van der Waals surface area contributed by atoms with E-state index in [1.807, 2.05) is 0 Å². The number of rotatable bonds is 14. The molecule has 0 saturated heterocycles. The van der Waals surface area contributed by atoms with Gasteiger partial charge in [-0.25, -0.2) is 9.97 Å². The predicted molar refractivity (Wildman–Crippen MR) is 150 cm³/mol. The molecule has 0 N–H and O–H groups in total.